The molecular formula is C10H15NO2. The van der Waals surface area contributed by atoms with Crippen LogP contribution in [0, 0.1) is 0 Å². The molecule has 0 spiro atoms. The van der Waals surface area contributed by atoms with Crippen molar-refractivity contribution in [1.82, 2.24) is 0 Å². The van der Waals surface area contributed by atoms with Crippen LogP contribution in [0.2, 0.25) is 0 Å². The summed E-state index contributed by atoms with van der Waals surface area (Å²) in [7, 11) is 1.61. The lowest BCUT2D eigenvalue weighted by Gasteiger charge is -2.22. The molecule has 0 saturated heterocycles. The van der Waals surface area contributed by atoms with Gasteiger partial charge in [0.2, 0.25) is 0 Å². The summed E-state index contributed by atoms with van der Waals surface area (Å²) >= 11 is 0. The molecule has 0 unspecified atom stereocenters. The summed E-state index contributed by atoms with van der Waals surface area (Å²) in [6, 6.07) is 7.37. The van der Waals surface area contributed by atoms with E-state index in [1.54, 1.807) is 14.0 Å². The Kier molecular flexibility index (Phi) is 2.90. The summed E-state index contributed by atoms with van der Waals surface area (Å²) in [5.41, 5.74) is 6.06. The highest BCUT2D eigenvalue weighted by Crippen LogP contribution is 2.19. The van der Waals surface area contributed by atoms with Crippen molar-refractivity contribution >= 4 is 0 Å². The maximum absolute atomic E-state index is 9.02. The van der Waals surface area contributed by atoms with Crippen molar-refractivity contribution in [2.45, 2.75) is 12.5 Å². The minimum atomic E-state index is -0.674. The van der Waals surface area contributed by atoms with Gasteiger partial charge in [-0.15, -0.1) is 0 Å². The van der Waals surface area contributed by atoms with Gasteiger partial charge in [-0.3, -0.25) is 0 Å². The highest BCUT2D eigenvalue weighted by atomic mass is 16.5. The van der Waals surface area contributed by atoms with Crippen molar-refractivity contribution in [3.63, 3.8) is 0 Å². The zero-order valence-corrected chi connectivity index (χ0v) is 7.95. The fourth-order valence-electron chi connectivity index (χ4n) is 1.06. The predicted molar refractivity (Wildman–Crippen MR) is 51.6 cm³/mol. The van der Waals surface area contributed by atoms with E-state index in [-0.39, 0.29) is 6.61 Å². The normalized spacial score (nSPS) is 15.1. The number of benzene rings is 1. The third-order valence-electron chi connectivity index (χ3n) is 2.08. The average molecular weight is 181 g/mol. The molecule has 0 aromatic heterocycles. The third kappa shape index (κ3) is 2.20. The molecule has 3 heteroatoms. The van der Waals surface area contributed by atoms with Crippen LogP contribution >= 0.6 is 0 Å². The molecule has 0 radical (unpaired) electrons. The number of hydrogen-bond donors (Lipinski definition) is 2. The summed E-state index contributed by atoms with van der Waals surface area (Å²) < 4.78 is 5.01. The molecule has 3 nitrogen and oxygen atoms in total. The molecule has 0 aliphatic rings. The zero-order valence-electron chi connectivity index (χ0n) is 7.95. The molecule has 0 bridgehead atoms. The monoisotopic (exact) mass is 181 g/mol. The fourth-order valence-corrected chi connectivity index (χ4v) is 1.06. The SMILES string of the molecule is COc1ccc([C@](C)(N)CO)cc1. The molecule has 0 amide bonds. The van der Waals surface area contributed by atoms with Gasteiger partial charge >= 0.3 is 0 Å². The first kappa shape index (κ1) is 10.0. The van der Waals surface area contributed by atoms with E-state index in [0.717, 1.165) is 11.3 Å². The first-order chi connectivity index (χ1) is 6.10. The van der Waals surface area contributed by atoms with Crippen LogP contribution in [0.5, 0.6) is 5.75 Å². The highest BCUT2D eigenvalue weighted by Gasteiger charge is 2.19. The van der Waals surface area contributed by atoms with E-state index < -0.39 is 5.54 Å². The van der Waals surface area contributed by atoms with Crippen LogP contribution in [0.4, 0.5) is 0 Å². The topological polar surface area (TPSA) is 55.5 Å². The molecule has 3 N–H and O–H groups in total. The van der Waals surface area contributed by atoms with Crippen molar-refractivity contribution in [2.75, 3.05) is 13.7 Å². The van der Waals surface area contributed by atoms with E-state index in [1.165, 1.54) is 0 Å². The molecule has 13 heavy (non-hydrogen) atoms. The Morgan fingerprint density at radius 2 is 1.92 bits per heavy atom. The molecule has 0 fully saturated rings. The zero-order chi connectivity index (χ0) is 9.90. The van der Waals surface area contributed by atoms with E-state index in [1.807, 2.05) is 24.3 Å². The molecule has 1 rings (SSSR count). The Morgan fingerprint density at radius 3 is 2.31 bits per heavy atom. The smallest absolute Gasteiger partial charge is 0.118 e. The van der Waals surface area contributed by atoms with Crippen LogP contribution in [0.25, 0.3) is 0 Å². The standard InChI is InChI=1S/C10H15NO2/c1-10(11,7-12)8-3-5-9(13-2)6-4-8/h3-6,12H,7,11H2,1-2H3/t10-/m1/s1. The Balaban J connectivity index is 2.92. The molecule has 72 valence electrons. The largest absolute Gasteiger partial charge is 0.497 e. The van der Waals surface area contributed by atoms with E-state index in [2.05, 4.69) is 0 Å². The first-order valence-corrected chi connectivity index (χ1v) is 4.14. The summed E-state index contributed by atoms with van der Waals surface area (Å²) in [5.74, 6) is 0.789. The number of aliphatic hydroxyl groups excluding tert-OH is 1. The first-order valence-electron chi connectivity index (χ1n) is 4.14. The quantitative estimate of drug-likeness (QED) is 0.727. The summed E-state index contributed by atoms with van der Waals surface area (Å²) in [6.45, 7) is 1.72. The van der Waals surface area contributed by atoms with Gasteiger partial charge in [0.15, 0.2) is 0 Å². The van der Waals surface area contributed by atoms with Gasteiger partial charge in [0, 0.05) is 0 Å². The second-order valence-electron chi connectivity index (χ2n) is 3.30. The van der Waals surface area contributed by atoms with Gasteiger partial charge < -0.3 is 15.6 Å². The van der Waals surface area contributed by atoms with Crippen LogP contribution in [-0.2, 0) is 5.54 Å². The van der Waals surface area contributed by atoms with Gasteiger partial charge in [0.05, 0.1) is 19.3 Å². The van der Waals surface area contributed by atoms with E-state index in [0.29, 0.717) is 0 Å². The lowest BCUT2D eigenvalue weighted by atomic mass is 9.94. The summed E-state index contributed by atoms with van der Waals surface area (Å²) in [6.07, 6.45) is 0. The summed E-state index contributed by atoms with van der Waals surface area (Å²) in [4.78, 5) is 0. The Labute approximate surface area is 78.1 Å². The van der Waals surface area contributed by atoms with Crippen molar-refractivity contribution in [1.29, 1.82) is 0 Å². The van der Waals surface area contributed by atoms with Gasteiger partial charge in [-0.1, -0.05) is 12.1 Å². The fraction of sp³-hybridized carbons (Fsp3) is 0.400. The number of ether oxygens (including phenoxy) is 1. The molecule has 1 atom stereocenters. The van der Waals surface area contributed by atoms with Gasteiger partial charge in [-0.2, -0.15) is 0 Å². The van der Waals surface area contributed by atoms with Crippen molar-refractivity contribution in [2.24, 2.45) is 5.73 Å². The lowest BCUT2D eigenvalue weighted by molar-refractivity contribution is 0.210. The minimum Gasteiger partial charge on any atom is -0.497 e. The number of rotatable bonds is 3. The molecule has 0 aliphatic heterocycles. The van der Waals surface area contributed by atoms with Gasteiger partial charge in [0.25, 0.3) is 0 Å². The Morgan fingerprint density at radius 1 is 1.38 bits per heavy atom. The van der Waals surface area contributed by atoms with Crippen LogP contribution < -0.4 is 10.5 Å². The van der Waals surface area contributed by atoms with E-state index in [4.69, 9.17) is 15.6 Å². The van der Waals surface area contributed by atoms with Gasteiger partial charge in [-0.25, -0.2) is 0 Å². The average Bonchev–Trinajstić information content (AvgIpc) is 2.18. The van der Waals surface area contributed by atoms with Crippen LogP contribution in [0.1, 0.15) is 12.5 Å². The second kappa shape index (κ2) is 3.77. The molecular weight excluding hydrogens is 166 g/mol. The maximum Gasteiger partial charge on any atom is 0.118 e. The van der Waals surface area contributed by atoms with Crippen molar-refractivity contribution < 1.29 is 9.84 Å². The Hall–Kier alpha value is -1.06. The number of hydrogen-bond acceptors (Lipinski definition) is 3. The number of methoxy groups -OCH3 is 1. The number of nitrogens with two attached hydrogens (primary N) is 1. The summed E-state index contributed by atoms with van der Waals surface area (Å²) in [5, 5.41) is 9.02. The van der Waals surface area contributed by atoms with Crippen LogP contribution in [0.15, 0.2) is 24.3 Å². The molecule has 0 saturated carbocycles. The van der Waals surface area contributed by atoms with Crippen LogP contribution in [-0.4, -0.2) is 18.8 Å². The van der Waals surface area contributed by atoms with Gasteiger partial charge in [-0.05, 0) is 24.6 Å². The van der Waals surface area contributed by atoms with Crippen LogP contribution in [0.3, 0.4) is 0 Å². The third-order valence-corrected chi connectivity index (χ3v) is 2.08. The lowest BCUT2D eigenvalue weighted by Crippen LogP contribution is -2.36. The molecule has 0 heterocycles. The molecule has 0 aliphatic carbocycles. The van der Waals surface area contributed by atoms with Crippen molar-refractivity contribution in [3.8, 4) is 5.75 Å². The van der Waals surface area contributed by atoms with E-state index in [9.17, 15) is 0 Å². The van der Waals surface area contributed by atoms with E-state index >= 15 is 0 Å². The maximum atomic E-state index is 9.02. The Bertz CT molecular complexity index is 267. The van der Waals surface area contributed by atoms with Crippen molar-refractivity contribution in [3.05, 3.63) is 29.8 Å². The second-order valence-corrected chi connectivity index (χ2v) is 3.30. The van der Waals surface area contributed by atoms with Gasteiger partial charge in [0.1, 0.15) is 5.75 Å². The molecule has 1 aromatic carbocycles. The number of aliphatic hydroxyl groups is 1. The minimum absolute atomic E-state index is 0.0701. The molecule has 1 aromatic rings. The highest BCUT2D eigenvalue weighted by molar-refractivity contribution is 5.31. The predicted octanol–water partition coefficient (Wildman–Crippen LogP) is 0.861.